The average Bonchev–Trinajstić information content (AvgIpc) is 3.35. The largest absolute Gasteiger partial charge is 0.342 e. The summed E-state index contributed by atoms with van der Waals surface area (Å²) in [5.74, 6) is 1.28. The summed E-state index contributed by atoms with van der Waals surface area (Å²) in [5, 5.41) is 11.4. The fraction of sp³-hybridized carbons (Fsp3) is 0.500. The molecule has 2 saturated heterocycles. The van der Waals surface area contributed by atoms with E-state index in [1.54, 1.807) is 17.2 Å². The van der Waals surface area contributed by atoms with Crippen LogP contribution in [0.1, 0.15) is 44.6 Å². The van der Waals surface area contributed by atoms with Crippen molar-refractivity contribution >= 4 is 23.3 Å². The predicted molar refractivity (Wildman–Crippen MR) is 120 cm³/mol. The minimum atomic E-state index is -0.0514. The van der Waals surface area contributed by atoms with Crippen molar-refractivity contribution in [1.82, 2.24) is 20.4 Å². The molecule has 2 aliphatic rings. The number of hydrogen-bond acceptors (Lipinski definition) is 5. The zero-order valence-corrected chi connectivity index (χ0v) is 18.3. The molecule has 1 atom stereocenters. The van der Waals surface area contributed by atoms with E-state index in [1.165, 1.54) is 5.56 Å². The van der Waals surface area contributed by atoms with Crippen LogP contribution in [-0.2, 0) is 9.59 Å². The summed E-state index contributed by atoms with van der Waals surface area (Å²) in [6.45, 7) is 7.09. The smallest absolute Gasteiger partial charge is 0.237 e. The highest BCUT2D eigenvalue weighted by molar-refractivity contribution is 6.01. The van der Waals surface area contributed by atoms with Crippen LogP contribution >= 0.6 is 0 Å². The molecular weight excluding hydrogens is 390 g/mol. The van der Waals surface area contributed by atoms with Crippen LogP contribution in [0.25, 0.3) is 0 Å². The van der Waals surface area contributed by atoms with Gasteiger partial charge in [-0.2, -0.15) is 5.10 Å². The number of hydrogen-bond donors (Lipinski definition) is 1. The van der Waals surface area contributed by atoms with Gasteiger partial charge in [-0.25, -0.2) is 0 Å². The van der Waals surface area contributed by atoms with E-state index in [0.717, 1.165) is 44.6 Å². The standard InChI is InChI=1S/C24H31N5O2/c1-17(2)23(30)28-14-10-19(11-15-28)18-5-7-21(8-6-18)29(22-4-3-12-26-27-22)24(31)20-9-13-25-16-20/h3-8,12,17,19-20,25H,9-11,13-16H2,1-2H3/t20-/m0/s1. The Kier molecular flexibility index (Phi) is 6.61. The molecule has 164 valence electrons. The number of carbonyl (C=O) groups excluding carboxylic acids is 2. The van der Waals surface area contributed by atoms with Gasteiger partial charge in [0.25, 0.3) is 0 Å². The molecule has 7 nitrogen and oxygen atoms in total. The van der Waals surface area contributed by atoms with Gasteiger partial charge in [0.15, 0.2) is 5.82 Å². The number of aromatic nitrogens is 2. The van der Waals surface area contributed by atoms with Crippen LogP contribution in [0.2, 0.25) is 0 Å². The number of carbonyl (C=O) groups is 2. The number of benzene rings is 1. The molecule has 2 aliphatic heterocycles. The molecule has 1 aromatic carbocycles. The number of anilines is 2. The Morgan fingerprint density at radius 2 is 1.84 bits per heavy atom. The van der Waals surface area contributed by atoms with Gasteiger partial charge in [-0.1, -0.05) is 26.0 Å². The van der Waals surface area contributed by atoms with Gasteiger partial charge in [-0.3, -0.25) is 14.5 Å². The zero-order chi connectivity index (χ0) is 21.8. The van der Waals surface area contributed by atoms with Crippen LogP contribution < -0.4 is 10.2 Å². The molecule has 31 heavy (non-hydrogen) atoms. The topological polar surface area (TPSA) is 78.4 Å². The van der Waals surface area contributed by atoms with E-state index in [4.69, 9.17) is 0 Å². The monoisotopic (exact) mass is 421 g/mol. The molecule has 3 heterocycles. The van der Waals surface area contributed by atoms with Crippen LogP contribution in [0.3, 0.4) is 0 Å². The van der Waals surface area contributed by atoms with E-state index in [9.17, 15) is 9.59 Å². The lowest BCUT2D eigenvalue weighted by Gasteiger charge is -2.33. The van der Waals surface area contributed by atoms with Gasteiger partial charge in [-0.05, 0) is 61.6 Å². The van der Waals surface area contributed by atoms with E-state index < -0.39 is 0 Å². The zero-order valence-electron chi connectivity index (χ0n) is 18.3. The molecule has 0 radical (unpaired) electrons. The van der Waals surface area contributed by atoms with Crippen molar-refractivity contribution in [3.63, 3.8) is 0 Å². The third-order valence-corrected chi connectivity index (χ3v) is 6.34. The van der Waals surface area contributed by atoms with Crippen molar-refractivity contribution < 1.29 is 9.59 Å². The number of rotatable bonds is 5. The van der Waals surface area contributed by atoms with E-state index >= 15 is 0 Å². The van der Waals surface area contributed by atoms with Crippen molar-refractivity contribution in [3.8, 4) is 0 Å². The first-order valence-electron chi connectivity index (χ1n) is 11.3. The van der Waals surface area contributed by atoms with Crippen molar-refractivity contribution in [1.29, 1.82) is 0 Å². The number of piperidine rings is 1. The van der Waals surface area contributed by atoms with Gasteiger partial charge in [0.2, 0.25) is 11.8 Å². The van der Waals surface area contributed by atoms with Crippen LogP contribution in [0, 0.1) is 11.8 Å². The van der Waals surface area contributed by atoms with Gasteiger partial charge >= 0.3 is 0 Å². The fourth-order valence-electron chi connectivity index (χ4n) is 4.53. The Bertz CT molecular complexity index is 886. The lowest BCUT2D eigenvalue weighted by molar-refractivity contribution is -0.135. The average molecular weight is 422 g/mol. The highest BCUT2D eigenvalue weighted by atomic mass is 16.2. The van der Waals surface area contributed by atoms with E-state index in [-0.39, 0.29) is 23.7 Å². The maximum absolute atomic E-state index is 13.3. The molecule has 0 aliphatic carbocycles. The molecule has 2 fully saturated rings. The molecule has 2 aromatic rings. The number of likely N-dealkylation sites (tertiary alicyclic amines) is 1. The Morgan fingerprint density at radius 3 is 2.42 bits per heavy atom. The Balaban J connectivity index is 1.50. The molecular formula is C24H31N5O2. The van der Waals surface area contributed by atoms with Gasteiger partial charge in [-0.15, -0.1) is 5.10 Å². The van der Waals surface area contributed by atoms with Crippen LogP contribution in [0.15, 0.2) is 42.6 Å². The Labute approximate surface area is 183 Å². The van der Waals surface area contributed by atoms with Gasteiger partial charge in [0.05, 0.1) is 11.6 Å². The van der Waals surface area contributed by atoms with Crippen molar-refractivity contribution in [2.75, 3.05) is 31.1 Å². The second-order valence-electron chi connectivity index (χ2n) is 8.79. The van der Waals surface area contributed by atoms with Crippen LogP contribution in [0.4, 0.5) is 11.5 Å². The minimum Gasteiger partial charge on any atom is -0.342 e. The van der Waals surface area contributed by atoms with E-state index in [2.05, 4.69) is 27.6 Å². The second kappa shape index (κ2) is 9.56. The molecule has 0 spiro atoms. The van der Waals surface area contributed by atoms with Crippen LogP contribution in [0.5, 0.6) is 0 Å². The number of amides is 2. The number of nitrogens with one attached hydrogen (secondary N) is 1. The quantitative estimate of drug-likeness (QED) is 0.803. The normalized spacial score (nSPS) is 19.6. The maximum Gasteiger partial charge on any atom is 0.237 e. The van der Waals surface area contributed by atoms with Gasteiger partial charge in [0.1, 0.15) is 0 Å². The molecule has 4 rings (SSSR count). The molecule has 7 heteroatoms. The highest BCUT2D eigenvalue weighted by Gasteiger charge is 2.30. The predicted octanol–water partition coefficient (Wildman–Crippen LogP) is 3.11. The van der Waals surface area contributed by atoms with Gasteiger partial charge in [0, 0.05) is 31.7 Å². The molecule has 1 N–H and O–H groups in total. The first kappa shape index (κ1) is 21.4. The van der Waals surface area contributed by atoms with Crippen molar-refractivity contribution in [3.05, 3.63) is 48.2 Å². The lowest BCUT2D eigenvalue weighted by Crippen LogP contribution is -2.40. The Hall–Kier alpha value is -2.80. The molecule has 0 unspecified atom stereocenters. The first-order chi connectivity index (χ1) is 15.0. The van der Waals surface area contributed by atoms with Crippen molar-refractivity contribution in [2.45, 2.75) is 39.0 Å². The fourth-order valence-corrected chi connectivity index (χ4v) is 4.53. The summed E-state index contributed by atoms with van der Waals surface area (Å²) in [7, 11) is 0. The third-order valence-electron chi connectivity index (χ3n) is 6.34. The number of nitrogens with zero attached hydrogens (tertiary/aromatic N) is 4. The molecule has 0 saturated carbocycles. The maximum atomic E-state index is 13.3. The summed E-state index contributed by atoms with van der Waals surface area (Å²) in [5.41, 5.74) is 2.07. The third kappa shape index (κ3) is 4.77. The minimum absolute atomic E-state index is 0.0514. The van der Waals surface area contributed by atoms with E-state index in [1.807, 2.05) is 36.9 Å². The SMILES string of the molecule is CC(C)C(=O)N1CCC(c2ccc(N(C(=O)[C@H]3CCNC3)c3cccnn3)cc2)CC1. The molecule has 2 amide bonds. The highest BCUT2D eigenvalue weighted by Crippen LogP contribution is 2.32. The summed E-state index contributed by atoms with van der Waals surface area (Å²) >= 11 is 0. The molecule has 0 bridgehead atoms. The lowest BCUT2D eigenvalue weighted by atomic mass is 9.89. The molecule has 1 aromatic heterocycles. The summed E-state index contributed by atoms with van der Waals surface area (Å²) in [4.78, 5) is 29.2. The Morgan fingerprint density at radius 1 is 1.10 bits per heavy atom. The van der Waals surface area contributed by atoms with Gasteiger partial charge < -0.3 is 10.2 Å². The van der Waals surface area contributed by atoms with E-state index in [0.29, 0.717) is 18.3 Å². The van der Waals surface area contributed by atoms with Crippen molar-refractivity contribution in [2.24, 2.45) is 11.8 Å². The van der Waals surface area contributed by atoms with Crippen LogP contribution in [-0.4, -0.2) is 53.1 Å². The summed E-state index contributed by atoms with van der Waals surface area (Å²) < 4.78 is 0. The second-order valence-corrected chi connectivity index (χ2v) is 8.79. The summed E-state index contributed by atoms with van der Waals surface area (Å²) in [6.07, 6.45) is 4.39. The summed E-state index contributed by atoms with van der Waals surface area (Å²) in [6, 6.07) is 11.9. The first-order valence-corrected chi connectivity index (χ1v) is 11.3.